The molecule has 10 heavy (non-hydrogen) atoms. The van der Waals surface area contributed by atoms with E-state index in [0.29, 0.717) is 0 Å². The summed E-state index contributed by atoms with van der Waals surface area (Å²) in [7, 11) is 0. The van der Waals surface area contributed by atoms with E-state index < -0.39 is 18.6 Å². The van der Waals surface area contributed by atoms with Crippen LogP contribution in [0.4, 0.5) is 17.6 Å². The molecule has 0 saturated heterocycles. The van der Waals surface area contributed by atoms with Gasteiger partial charge in [0.2, 0.25) is 0 Å². The summed E-state index contributed by atoms with van der Waals surface area (Å²) < 4.78 is 51.1. The van der Waals surface area contributed by atoms with Crippen LogP contribution in [0, 0.1) is 0 Å². The Labute approximate surface area is 56.0 Å². The molecule has 0 N–H and O–H groups in total. The number of ether oxygens (including phenoxy) is 1. The van der Waals surface area contributed by atoms with Crippen LogP contribution in [0.15, 0.2) is 0 Å². The van der Waals surface area contributed by atoms with Crippen LogP contribution in [0.3, 0.4) is 0 Å². The van der Waals surface area contributed by atoms with Gasteiger partial charge in [-0.15, -0.1) is 0 Å². The molecule has 0 aromatic heterocycles. The highest BCUT2D eigenvalue weighted by atomic mass is 19.3. The molecule has 0 fully saturated rings. The fourth-order valence-corrected chi connectivity index (χ4v) is 0.308. The smallest absolute Gasteiger partial charge is 0.316 e. The minimum atomic E-state index is -4.35. The third-order valence-electron chi connectivity index (χ3n) is 0.837. The second-order valence-corrected chi connectivity index (χ2v) is 1.84. The summed E-state index contributed by atoms with van der Waals surface area (Å²) >= 11 is 0. The van der Waals surface area contributed by atoms with Gasteiger partial charge in [-0.05, 0) is 6.92 Å². The average molecular weight is 160 g/mol. The molecule has 0 unspecified atom stereocenters. The van der Waals surface area contributed by atoms with E-state index in [0.717, 1.165) is 0 Å². The lowest BCUT2D eigenvalue weighted by Gasteiger charge is -2.21. The van der Waals surface area contributed by atoms with Gasteiger partial charge in [-0.2, -0.15) is 17.6 Å². The van der Waals surface area contributed by atoms with Crippen molar-refractivity contribution in [2.75, 3.05) is 6.61 Å². The molecule has 0 atom stereocenters. The maximum atomic E-state index is 12.0. The summed E-state index contributed by atoms with van der Waals surface area (Å²) in [6.07, 6.45) is -4.35. The molecule has 0 saturated carbocycles. The molecular weight excluding hydrogens is 152 g/mol. The zero-order chi connectivity index (χ0) is 8.41. The van der Waals surface area contributed by atoms with E-state index in [4.69, 9.17) is 0 Å². The van der Waals surface area contributed by atoms with Crippen LogP contribution < -0.4 is 0 Å². The molecule has 0 aliphatic heterocycles. The van der Waals surface area contributed by atoms with E-state index in [-0.39, 0.29) is 6.92 Å². The molecule has 0 aliphatic carbocycles. The first kappa shape index (κ1) is 9.68. The van der Waals surface area contributed by atoms with Gasteiger partial charge < -0.3 is 4.74 Å². The number of halogens is 4. The number of rotatable bonds is 3. The lowest BCUT2D eigenvalue weighted by atomic mass is 10.4. The maximum absolute atomic E-state index is 12.0. The van der Waals surface area contributed by atoms with Crippen molar-refractivity contribution in [3.05, 3.63) is 0 Å². The minimum absolute atomic E-state index is 0.114. The molecule has 0 spiro atoms. The molecule has 0 amide bonds. The summed E-state index contributed by atoms with van der Waals surface area (Å²) in [5.41, 5.74) is 0. The van der Waals surface area contributed by atoms with Crippen molar-refractivity contribution >= 4 is 0 Å². The van der Waals surface area contributed by atoms with Crippen LogP contribution in [0.1, 0.15) is 13.8 Å². The summed E-state index contributed by atoms with van der Waals surface area (Å²) in [6, 6.07) is 0. The first-order valence-corrected chi connectivity index (χ1v) is 2.71. The number of hydrogen-bond acceptors (Lipinski definition) is 1. The standard InChI is InChI=1S/C5H8F4O/c1-3-10-5(8,9)4(2,6)7/h3H2,1-2H3. The SMILES string of the molecule is CCOC(F)(F)C(C)(F)F. The quantitative estimate of drug-likeness (QED) is 0.575. The van der Waals surface area contributed by atoms with E-state index in [1.165, 1.54) is 6.92 Å². The fraction of sp³-hybridized carbons (Fsp3) is 1.00. The largest absolute Gasteiger partial charge is 0.419 e. The summed E-state index contributed by atoms with van der Waals surface area (Å²) in [4.78, 5) is 0. The second-order valence-electron chi connectivity index (χ2n) is 1.84. The van der Waals surface area contributed by atoms with Crippen molar-refractivity contribution in [2.45, 2.75) is 25.9 Å². The molecule has 62 valence electrons. The first-order valence-electron chi connectivity index (χ1n) is 2.71. The van der Waals surface area contributed by atoms with Crippen LogP contribution in [-0.2, 0) is 4.74 Å². The third kappa shape index (κ3) is 2.13. The summed E-state index contributed by atoms with van der Waals surface area (Å²) in [5, 5.41) is 0. The lowest BCUT2D eigenvalue weighted by molar-refractivity contribution is -0.339. The third-order valence-corrected chi connectivity index (χ3v) is 0.837. The van der Waals surface area contributed by atoms with Gasteiger partial charge in [0, 0.05) is 6.92 Å². The highest BCUT2D eigenvalue weighted by Crippen LogP contribution is 2.34. The Kier molecular flexibility index (Phi) is 2.65. The van der Waals surface area contributed by atoms with Crippen LogP contribution in [0.5, 0.6) is 0 Å². The highest BCUT2D eigenvalue weighted by molar-refractivity contribution is 4.69. The van der Waals surface area contributed by atoms with Crippen molar-refractivity contribution in [2.24, 2.45) is 0 Å². The zero-order valence-corrected chi connectivity index (χ0v) is 5.63. The summed E-state index contributed by atoms with van der Waals surface area (Å²) in [5.74, 6) is -4.11. The molecule has 1 nitrogen and oxygen atoms in total. The monoisotopic (exact) mass is 160 g/mol. The van der Waals surface area contributed by atoms with Crippen LogP contribution >= 0.6 is 0 Å². The van der Waals surface area contributed by atoms with Crippen LogP contribution in [0.25, 0.3) is 0 Å². The Morgan fingerprint density at radius 1 is 1.20 bits per heavy atom. The molecule has 0 rings (SSSR count). The van der Waals surface area contributed by atoms with Crippen molar-refractivity contribution in [1.29, 1.82) is 0 Å². The minimum Gasteiger partial charge on any atom is -0.316 e. The van der Waals surface area contributed by atoms with Crippen molar-refractivity contribution in [1.82, 2.24) is 0 Å². The van der Waals surface area contributed by atoms with Crippen LogP contribution in [-0.4, -0.2) is 18.6 Å². The molecule has 0 aromatic carbocycles. The zero-order valence-electron chi connectivity index (χ0n) is 5.63. The topological polar surface area (TPSA) is 9.23 Å². The van der Waals surface area contributed by atoms with Crippen molar-refractivity contribution in [3.63, 3.8) is 0 Å². The van der Waals surface area contributed by atoms with Gasteiger partial charge in [-0.1, -0.05) is 0 Å². The average Bonchev–Trinajstić information content (AvgIpc) is 1.61. The molecule has 0 aliphatic rings. The van der Waals surface area contributed by atoms with Crippen LogP contribution in [0.2, 0.25) is 0 Å². The van der Waals surface area contributed by atoms with Crippen molar-refractivity contribution in [3.8, 4) is 0 Å². The van der Waals surface area contributed by atoms with Crippen molar-refractivity contribution < 1.29 is 22.3 Å². The molecule has 0 heterocycles. The number of hydrogen-bond donors (Lipinski definition) is 0. The van der Waals surface area contributed by atoms with Gasteiger partial charge in [-0.3, -0.25) is 0 Å². The van der Waals surface area contributed by atoms with Gasteiger partial charge in [0.05, 0.1) is 6.61 Å². The molecular formula is C5H8F4O. The second kappa shape index (κ2) is 2.74. The van der Waals surface area contributed by atoms with Gasteiger partial charge in [-0.25, -0.2) is 0 Å². The Bertz CT molecular complexity index is 107. The van der Waals surface area contributed by atoms with E-state index in [1.54, 1.807) is 0 Å². The predicted molar refractivity (Wildman–Crippen MR) is 27.2 cm³/mol. The Balaban J connectivity index is 4.10. The fourth-order valence-electron chi connectivity index (χ4n) is 0.308. The summed E-state index contributed by atoms with van der Waals surface area (Å²) in [6.45, 7) is 0.902. The Morgan fingerprint density at radius 3 is 1.70 bits per heavy atom. The number of alkyl halides is 4. The maximum Gasteiger partial charge on any atom is 0.419 e. The normalized spacial score (nSPS) is 13.8. The van der Waals surface area contributed by atoms with Gasteiger partial charge in [0.1, 0.15) is 0 Å². The predicted octanol–water partition coefficient (Wildman–Crippen LogP) is 2.27. The lowest BCUT2D eigenvalue weighted by Crippen LogP contribution is -2.40. The Morgan fingerprint density at radius 2 is 1.60 bits per heavy atom. The van der Waals surface area contributed by atoms with E-state index in [2.05, 4.69) is 4.74 Å². The van der Waals surface area contributed by atoms with E-state index in [9.17, 15) is 17.6 Å². The first-order chi connectivity index (χ1) is 4.31. The molecule has 0 aromatic rings. The van der Waals surface area contributed by atoms with Gasteiger partial charge >= 0.3 is 12.0 Å². The van der Waals surface area contributed by atoms with Gasteiger partial charge in [0.25, 0.3) is 0 Å². The van der Waals surface area contributed by atoms with Gasteiger partial charge in [0.15, 0.2) is 0 Å². The highest BCUT2D eigenvalue weighted by Gasteiger charge is 2.53. The molecule has 0 radical (unpaired) electrons. The van der Waals surface area contributed by atoms with E-state index in [1.807, 2.05) is 0 Å². The van der Waals surface area contributed by atoms with E-state index >= 15 is 0 Å². The Hall–Kier alpha value is -0.320. The molecule has 5 heteroatoms. The molecule has 0 bridgehead atoms.